The van der Waals surface area contributed by atoms with Gasteiger partial charge in [-0.15, -0.1) is 0 Å². The Morgan fingerprint density at radius 1 is 1.40 bits per heavy atom. The second-order valence-electron chi connectivity index (χ2n) is 6.10. The molecule has 114 valence electrons. The molecule has 1 aliphatic rings. The monoisotopic (exact) mass is 278 g/mol. The van der Waals surface area contributed by atoms with Crippen LogP contribution in [0.1, 0.15) is 49.9 Å². The third-order valence-corrected chi connectivity index (χ3v) is 4.68. The summed E-state index contributed by atoms with van der Waals surface area (Å²) in [7, 11) is 4.12. The van der Waals surface area contributed by atoms with Crippen molar-refractivity contribution in [3.8, 4) is 0 Å². The first kappa shape index (κ1) is 15.5. The molecule has 4 heteroatoms. The van der Waals surface area contributed by atoms with Crippen molar-refractivity contribution in [1.29, 1.82) is 0 Å². The molecule has 20 heavy (non-hydrogen) atoms. The van der Waals surface area contributed by atoms with Crippen LogP contribution in [0.25, 0.3) is 0 Å². The molecule has 0 spiro atoms. The zero-order valence-electron chi connectivity index (χ0n) is 13.5. The summed E-state index contributed by atoms with van der Waals surface area (Å²) in [5.41, 5.74) is 2.75. The highest BCUT2D eigenvalue weighted by Gasteiger charge is 2.32. The Labute approximate surface area is 123 Å². The van der Waals surface area contributed by atoms with Crippen molar-refractivity contribution in [2.45, 2.75) is 45.6 Å². The van der Waals surface area contributed by atoms with Gasteiger partial charge >= 0.3 is 0 Å². The van der Waals surface area contributed by atoms with E-state index in [0.717, 1.165) is 6.54 Å². The number of likely N-dealkylation sites (tertiary alicyclic amines) is 1. The highest BCUT2D eigenvalue weighted by Crippen LogP contribution is 2.36. The van der Waals surface area contributed by atoms with Crippen molar-refractivity contribution in [3.05, 3.63) is 17.5 Å². The lowest BCUT2D eigenvalue weighted by Crippen LogP contribution is -2.37. The summed E-state index contributed by atoms with van der Waals surface area (Å²) in [5, 5.41) is 7.88. The number of nitrogens with one attached hydrogen (secondary N) is 1. The first-order chi connectivity index (χ1) is 9.69. The molecule has 1 N–H and O–H groups in total. The Kier molecular flexibility index (Phi) is 5.61. The van der Waals surface area contributed by atoms with Crippen molar-refractivity contribution in [1.82, 2.24) is 20.0 Å². The van der Waals surface area contributed by atoms with Crippen molar-refractivity contribution < 1.29 is 0 Å². The molecule has 0 amide bonds. The lowest BCUT2D eigenvalue weighted by Gasteiger charge is -2.35. The van der Waals surface area contributed by atoms with Crippen molar-refractivity contribution in [2.75, 3.05) is 26.7 Å². The molecule has 1 saturated heterocycles. The third kappa shape index (κ3) is 3.23. The van der Waals surface area contributed by atoms with Crippen molar-refractivity contribution in [3.63, 3.8) is 0 Å². The average molecular weight is 278 g/mol. The van der Waals surface area contributed by atoms with E-state index in [1.165, 1.54) is 50.0 Å². The van der Waals surface area contributed by atoms with Gasteiger partial charge in [0.1, 0.15) is 0 Å². The van der Waals surface area contributed by atoms with E-state index < -0.39 is 0 Å². The van der Waals surface area contributed by atoms with E-state index in [2.05, 4.69) is 42.4 Å². The average Bonchev–Trinajstić information content (AvgIpc) is 2.64. The maximum absolute atomic E-state index is 4.48. The number of hydrogen-bond acceptors (Lipinski definition) is 3. The van der Waals surface area contributed by atoms with E-state index in [1.807, 2.05) is 11.7 Å². The van der Waals surface area contributed by atoms with Gasteiger partial charge in [0.15, 0.2) is 0 Å². The number of hydrogen-bond donors (Lipinski definition) is 1. The molecule has 1 fully saturated rings. The molecular formula is C16H30N4. The van der Waals surface area contributed by atoms with Crippen LogP contribution in [0.2, 0.25) is 0 Å². The van der Waals surface area contributed by atoms with Gasteiger partial charge in [-0.2, -0.15) is 5.10 Å². The minimum Gasteiger partial charge on any atom is -0.319 e. The van der Waals surface area contributed by atoms with Crippen LogP contribution in [0.5, 0.6) is 0 Å². The Bertz CT molecular complexity index is 397. The van der Waals surface area contributed by atoms with E-state index >= 15 is 0 Å². The molecule has 2 heterocycles. The fraction of sp³-hybridized carbons (Fsp3) is 0.812. The van der Waals surface area contributed by atoms with Gasteiger partial charge in [-0.3, -0.25) is 9.58 Å². The van der Waals surface area contributed by atoms with E-state index in [0.29, 0.717) is 12.0 Å². The van der Waals surface area contributed by atoms with Crippen LogP contribution < -0.4 is 5.32 Å². The van der Waals surface area contributed by atoms with Crippen LogP contribution in [0, 0.1) is 12.8 Å². The topological polar surface area (TPSA) is 33.1 Å². The molecule has 0 aliphatic carbocycles. The Morgan fingerprint density at radius 3 is 2.80 bits per heavy atom. The van der Waals surface area contributed by atoms with Crippen LogP contribution in [0.3, 0.4) is 0 Å². The van der Waals surface area contributed by atoms with E-state index in [9.17, 15) is 0 Å². The number of nitrogens with zero attached hydrogens (tertiary/aromatic N) is 3. The summed E-state index contributed by atoms with van der Waals surface area (Å²) < 4.78 is 2.01. The number of aromatic nitrogens is 2. The second kappa shape index (κ2) is 7.23. The highest BCUT2D eigenvalue weighted by molar-refractivity contribution is 5.22. The molecule has 2 atom stereocenters. The van der Waals surface area contributed by atoms with Gasteiger partial charge in [0.25, 0.3) is 0 Å². The zero-order valence-corrected chi connectivity index (χ0v) is 13.5. The Balaban J connectivity index is 2.33. The van der Waals surface area contributed by atoms with Gasteiger partial charge in [0.05, 0.1) is 6.20 Å². The van der Waals surface area contributed by atoms with Crippen LogP contribution in [-0.4, -0.2) is 41.4 Å². The summed E-state index contributed by atoms with van der Waals surface area (Å²) in [6.07, 6.45) is 7.32. The van der Waals surface area contributed by atoms with E-state index in [-0.39, 0.29) is 0 Å². The Hall–Kier alpha value is -0.870. The minimum absolute atomic E-state index is 0.526. The molecule has 4 nitrogen and oxygen atoms in total. The van der Waals surface area contributed by atoms with Gasteiger partial charge in [-0.25, -0.2) is 0 Å². The first-order valence-corrected chi connectivity index (χ1v) is 8.06. The summed E-state index contributed by atoms with van der Waals surface area (Å²) in [5.74, 6) is 0.692. The normalized spacial score (nSPS) is 24.8. The van der Waals surface area contributed by atoms with E-state index in [1.54, 1.807) is 0 Å². The standard InChI is InChI=1S/C16H30N4/c1-5-9-20-10-7-6-8-14(11-17-3)16(20)15-12-18-19(4)13(15)2/h12,14,16-17H,5-11H2,1-4H3. The summed E-state index contributed by atoms with van der Waals surface area (Å²) >= 11 is 0. The van der Waals surface area contributed by atoms with Gasteiger partial charge in [0.2, 0.25) is 0 Å². The smallest absolute Gasteiger partial charge is 0.0540 e. The third-order valence-electron chi connectivity index (χ3n) is 4.68. The molecule has 0 bridgehead atoms. The van der Waals surface area contributed by atoms with Crippen LogP contribution in [-0.2, 0) is 7.05 Å². The molecule has 2 rings (SSSR count). The summed E-state index contributed by atoms with van der Waals surface area (Å²) in [4.78, 5) is 2.69. The van der Waals surface area contributed by atoms with Gasteiger partial charge < -0.3 is 5.32 Å². The molecule has 1 aromatic rings. The molecule has 0 aromatic carbocycles. The van der Waals surface area contributed by atoms with E-state index in [4.69, 9.17) is 0 Å². The summed E-state index contributed by atoms with van der Waals surface area (Å²) in [6, 6.07) is 0.526. The largest absolute Gasteiger partial charge is 0.319 e. The maximum atomic E-state index is 4.48. The van der Waals surface area contributed by atoms with Crippen LogP contribution >= 0.6 is 0 Å². The highest BCUT2D eigenvalue weighted by atomic mass is 15.3. The fourth-order valence-electron chi connectivity index (χ4n) is 3.59. The lowest BCUT2D eigenvalue weighted by molar-refractivity contribution is 0.154. The predicted octanol–water partition coefficient (Wildman–Crippen LogP) is 2.50. The first-order valence-electron chi connectivity index (χ1n) is 8.06. The van der Waals surface area contributed by atoms with Crippen molar-refractivity contribution >= 4 is 0 Å². The predicted molar refractivity (Wildman–Crippen MR) is 83.8 cm³/mol. The second-order valence-corrected chi connectivity index (χ2v) is 6.10. The minimum atomic E-state index is 0.526. The van der Waals surface area contributed by atoms with Gasteiger partial charge in [-0.05, 0) is 58.8 Å². The Morgan fingerprint density at radius 2 is 2.20 bits per heavy atom. The fourth-order valence-corrected chi connectivity index (χ4v) is 3.59. The molecule has 2 unspecified atom stereocenters. The summed E-state index contributed by atoms with van der Waals surface area (Å²) in [6.45, 7) is 8.00. The van der Waals surface area contributed by atoms with Crippen LogP contribution in [0.4, 0.5) is 0 Å². The zero-order chi connectivity index (χ0) is 14.5. The van der Waals surface area contributed by atoms with Gasteiger partial charge in [-0.1, -0.05) is 13.3 Å². The molecule has 1 aliphatic heterocycles. The van der Waals surface area contributed by atoms with Crippen LogP contribution in [0.15, 0.2) is 6.20 Å². The quantitative estimate of drug-likeness (QED) is 0.898. The van der Waals surface area contributed by atoms with Crippen molar-refractivity contribution in [2.24, 2.45) is 13.0 Å². The maximum Gasteiger partial charge on any atom is 0.0540 e. The molecule has 1 aromatic heterocycles. The molecule has 0 radical (unpaired) electrons. The number of rotatable bonds is 5. The lowest BCUT2D eigenvalue weighted by atomic mass is 9.89. The molecular weight excluding hydrogens is 248 g/mol. The molecule has 0 saturated carbocycles. The number of aryl methyl sites for hydroxylation is 1. The SMILES string of the molecule is CCCN1CCCCC(CNC)C1c1cnn(C)c1C. The van der Waals surface area contributed by atoms with Gasteiger partial charge in [0, 0.05) is 24.3 Å².